The molecule has 0 aromatic rings. The highest BCUT2D eigenvalue weighted by molar-refractivity contribution is 6.19. The van der Waals surface area contributed by atoms with Crippen LogP contribution >= 0.6 is 0 Å². The highest BCUT2D eigenvalue weighted by Crippen LogP contribution is 1.96. The molecule has 3 nitrogen and oxygen atoms in total. The molecule has 4 heteroatoms. The summed E-state index contributed by atoms with van der Waals surface area (Å²) in [7, 11) is 5.12. The molecule has 1 aliphatic heterocycles. The molecule has 0 unspecified atom stereocenters. The van der Waals surface area contributed by atoms with E-state index in [4.69, 9.17) is 7.85 Å². The monoisotopic (exact) mass is 138 g/mol. The summed E-state index contributed by atoms with van der Waals surface area (Å²) in [6, 6.07) is 0.302. The number of carbonyl (C=O) groups excluding carboxylic acids is 1. The molecule has 1 rings (SSSR count). The Morgan fingerprint density at radius 1 is 1.80 bits per heavy atom. The van der Waals surface area contributed by atoms with Gasteiger partial charge in [-0.2, -0.15) is 0 Å². The Balaban J connectivity index is 2.17. The molecule has 0 aromatic heterocycles. The van der Waals surface area contributed by atoms with Crippen LogP contribution in [0.15, 0.2) is 0 Å². The molecule has 1 heterocycles. The molecule has 1 atom stereocenters. The molecular weight excluding hydrogens is 127 g/mol. The van der Waals surface area contributed by atoms with E-state index in [0.29, 0.717) is 6.04 Å². The van der Waals surface area contributed by atoms with E-state index in [0.717, 1.165) is 19.5 Å². The number of carbonyl (C=O) groups is 1. The van der Waals surface area contributed by atoms with E-state index < -0.39 is 0 Å². The highest BCUT2D eigenvalue weighted by Gasteiger charge is 2.14. The van der Waals surface area contributed by atoms with Crippen molar-refractivity contribution in [3.63, 3.8) is 0 Å². The van der Waals surface area contributed by atoms with Crippen molar-refractivity contribution >= 4 is 13.8 Å². The van der Waals surface area contributed by atoms with Gasteiger partial charge in [-0.3, -0.25) is 4.79 Å². The van der Waals surface area contributed by atoms with Crippen LogP contribution in [0.5, 0.6) is 0 Å². The summed E-state index contributed by atoms with van der Waals surface area (Å²) in [5.74, 6) is -0.0614. The Morgan fingerprint density at radius 3 is 3.10 bits per heavy atom. The number of rotatable bonds is 2. The fourth-order valence-electron chi connectivity index (χ4n) is 1.06. The van der Waals surface area contributed by atoms with Gasteiger partial charge in [0.2, 0.25) is 5.91 Å². The number of nitrogens with one attached hydrogen (secondary N) is 2. The number of hydrogen-bond acceptors (Lipinski definition) is 2. The predicted molar refractivity (Wildman–Crippen MR) is 40.0 cm³/mol. The highest BCUT2D eigenvalue weighted by atomic mass is 16.1. The fraction of sp³-hybridized carbons (Fsp3) is 0.833. The second-order valence-corrected chi connectivity index (χ2v) is 2.46. The van der Waals surface area contributed by atoms with Crippen LogP contribution in [-0.2, 0) is 4.79 Å². The van der Waals surface area contributed by atoms with Crippen molar-refractivity contribution in [2.24, 2.45) is 0 Å². The minimum absolute atomic E-state index is 0.0614. The third kappa shape index (κ3) is 2.03. The van der Waals surface area contributed by atoms with Crippen molar-refractivity contribution in [3.05, 3.63) is 0 Å². The van der Waals surface area contributed by atoms with Gasteiger partial charge < -0.3 is 10.6 Å². The van der Waals surface area contributed by atoms with Crippen molar-refractivity contribution in [1.82, 2.24) is 10.6 Å². The van der Waals surface area contributed by atoms with Gasteiger partial charge in [-0.05, 0) is 19.3 Å². The average Bonchev–Trinajstić information content (AvgIpc) is 2.40. The van der Waals surface area contributed by atoms with E-state index in [9.17, 15) is 4.79 Å². The van der Waals surface area contributed by atoms with E-state index in [2.05, 4.69) is 10.6 Å². The summed E-state index contributed by atoms with van der Waals surface area (Å²) in [6.45, 7) is 1.88. The van der Waals surface area contributed by atoms with Gasteiger partial charge in [-0.15, -0.1) is 0 Å². The Kier molecular flexibility index (Phi) is 2.74. The van der Waals surface area contributed by atoms with E-state index >= 15 is 0 Å². The summed E-state index contributed by atoms with van der Waals surface area (Å²) in [4.78, 5) is 10.7. The fourth-order valence-corrected chi connectivity index (χ4v) is 1.06. The molecule has 10 heavy (non-hydrogen) atoms. The molecule has 1 saturated heterocycles. The van der Waals surface area contributed by atoms with Gasteiger partial charge in [0.25, 0.3) is 0 Å². The molecule has 0 aromatic carbocycles. The molecule has 0 spiro atoms. The molecule has 0 bridgehead atoms. The van der Waals surface area contributed by atoms with Crippen molar-refractivity contribution < 1.29 is 4.79 Å². The maximum Gasteiger partial charge on any atom is 0.211 e. The first-order chi connectivity index (χ1) is 4.83. The van der Waals surface area contributed by atoms with E-state index in [1.165, 1.54) is 0 Å². The second-order valence-electron chi connectivity index (χ2n) is 2.46. The molecule has 54 valence electrons. The zero-order valence-electron chi connectivity index (χ0n) is 5.89. The first kappa shape index (κ1) is 7.60. The van der Waals surface area contributed by atoms with Crippen LogP contribution in [0, 0.1) is 0 Å². The predicted octanol–water partition coefficient (Wildman–Crippen LogP) is -0.949. The van der Waals surface area contributed by atoms with Gasteiger partial charge in [-0.1, -0.05) is 0 Å². The lowest BCUT2D eigenvalue weighted by molar-refractivity contribution is -0.119. The minimum Gasteiger partial charge on any atom is -0.353 e. The first-order valence-electron chi connectivity index (χ1n) is 3.53. The van der Waals surface area contributed by atoms with Gasteiger partial charge >= 0.3 is 0 Å². The normalized spacial score (nSPS) is 24.6. The topological polar surface area (TPSA) is 41.1 Å². The molecule has 2 N–H and O–H groups in total. The summed E-state index contributed by atoms with van der Waals surface area (Å²) < 4.78 is 0. The summed E-state index contributed by atoms with van der Waals surface area (Å²) >= 11 is 0. The molecule has 2 radical (unpaired) electrons. The van der Waals surface area contributed by atoms with Gasteiger partial charge in [0.1, 0.15) is 0 Å². The van der Waals surface area contributed by atoms with E-state index in [-0.39, 0.29) is 12.2 Å². The third-order valence-corrected chi connectivity index (χ3v) is 1.61. The van der Waals surface area contributed by atoms with Crippen molar-refractivity contribution in [2.75, 3.05) is 13.1 Å². The van der Waals surface area contributed by atoms with Gasteiger partial charge in [-0.25, -0.2) is 0 Å². The van der Waals surface area contributed by atoms with Crippen molar-refractivity contribution in [2.45, 2.75) is 18.8 Å². The van der Waals surface area contributed by atoms with Crippen molar-refractivity contribution in [1.29, 1.82) is 0 Å². The quantitative estimate of drug-likeness (QED) is 0.483. The maximum atomic E-state index is 10.7. The minimum atomic E-state index is -0.0614. The maximum absolute atomic E-state index is 10.7. The largest absolute Gasteiger partial charge is 0.353 e. The molecule has 0 aliphatic carbocycles. The van der Waals surface area contributed by atoms with Crippen LogP contribution in [0.25, 0.3) is 0 Å². The van der Waals surface area contributed by atoms with Crippen LogP contribution in [0.4, 0.5) is 0 Å². The van der Waals surface area contributed by atoms with Crippen LogP contribution in [0.2, 0.25) is 6.32 Å². The Morgan fingerprint density at radius 2 is 2.60 bits per heavy atom. The second kappa shape index (κ2) is 3.61. The smallest absolute Gasteiger partial charge is 0.211 e. The molecule has 1 amide bonds. The molecule has 0 saturated carbocycles. The van der Waals surface area contributed by atoms with E-state index in [1.54, 1.807) is 0 Å². The number of amides is 1. The Labute approximate surface area is 62.0 Å². The lowest BCUT2D eigenvalue weighted by Gasteiger charge is -2.09. The molecule has 1 aliphatic rings. The van der Waals surface area contributed by atoms with Crippen LogP contribution in [0.1, 0.15) is 6.42 Å². The SMILES string of the molecule is [B]CC(=O)N[C@@H]1CCNC1. The number of hydrogen-bond donors (Lipinski definition) is 2. The Bertz CT molecular complexity index is 123. The Hall–Kier alpha value is -0.505. The summed E-state index contributed by atoms with van der Waals surface area (Å²) in [5.41, 5.74) is 0. The molecular formula is C6H11BN2O. The first-order valence-corrected chi connectivity index (χ1v) is 3.53. The summed E-state index contributed by atoms with van der Waals surface area (Å²) in [6.07, 6.45) is 1.11. The lowest BCUT2D eigenvalue weighted by atomic mass is 10.0. The molecule has 1 fully saturated rings. The van der Waals surface area contributed by atoms with Gasteiger partial charge in [0, 0.05) is 12.6 Å². The van der Waals surface area contributed by atoms with Crippen molar-refractivity contribution in [3.8, 4) is 0 Å². The lowest BCUT2D eigenvalue weighted by Crippen LogP contribution is -2.35. The van der Waals surface area contributed by atoms with Crippen LogP contribution < -0.4 is 10.6 Å². The zero-order valence-corrected chi connectivity index (χ0v) is 5.89. The van der Waals surface area contributed by atoms with Gasteiger partial charge in [0.05, 0.1) is 7.85 Å². The van der Waals surface area contributed by atoms with Gasteiger partial charge in [0.15, 0.2) is 0 Å². The van der Waals surface area contributed by atoms with Crippen LogP contribution in [-0.4, -0.2) is 32.9 Å². The zero-order chi connectivity index (χ0) is 7.40. The third-order valence-electron chi connectivity index (χ3n) is 1.61. The van der Waals surface area contributed by atoms with Crippen LogP contribution in [0.3, 0.4) is 0 Å². The summed E-state index contributed by atoms with van der Waals surface area (Å²) in [5, 5.41) is 5.95. The van der Waals surface area contributed by atoms with E-state index in [1.807, 2.05) is 0 Å². The average molecular weight is 138 g/mol. The standard InChI is InChI=1S/C6H11BN2O/c7-3-6(10)9-5-1-2-8-4-5/h5,8H,1-4H2,(H,9,10)/t5-/m1/s1.